The van der Waals surface area contributed by atoms with E-state index >= 15 is 0 Å². The summed E-state index contributed by atoms with van der Waals surface area (Å²) in [5.41, 5.74) is 1.86. The predicted molar refractivity (Wildman–Crippen MR) is 94.4 cm³/mol. The number of amidine groups is 1. The van der Waals surface area contributed by atoms with Crippen LogP contribution in [0.5, 0.6) is 0 Å². The summed E-state index contributed by atoms with van der Waals surface area (Å²) in [6.07, 6.45) is 1.95. The van der Waals surface area contributed by atoms with Crippen LogP contribution in [0.25, 0.3) is 0 Å². The molecule has 3 rings (SSSR count). The number of nitrogens with zero attached hydrogens (tertiary/aromatic N) is 2. The maximum Gasteiger partial charge on any atom is 0.338 e. The summed E-state index contributed by atoms with van der Waals surface area (Å²) in [5.74, 6) is 0.217. The lowest BCUT2D eigenvalue weighted by Gasteiger charge is -2.38. The van der Waals surface area contributed by atoms with E-state index < -0.39 is 12.0 Å². The number of carbonyl (C=O) groups is 2. The molecule has 1 saturated heterocycles. The molecule has 1 fully saturated rings. The van der Waals surface area contributed by atoms with E-state index in [1.54, 1.807) is 11.8 Å². The lowest BCUT2D eigenvalue weighted by Crippen LogP contribution is -2.45. The number of fused-ring (bicyclic) bond motifs is 1. The summed E-state index contributed by atoms with van der Waals surface area (Å²) in [5, 5.41) is 0.651. The molecule has 2 aliphatic heterocycles. The van der Waals surface area contributed by atoms with Gasteiger partial charge in [0.05, 0.1) is 17.3 Å². The standard InChI is InChI=1S/C18H18N2O3S/c1-3-10-23-17(22)15-12(2)19-18-20(14(21)9-11-24-18)16(15)13-7-5-4-6-8-13/h3-8,16H,1,9-11H2,2H3. The van der Waals surface area contributed by atoms with Crippen LogP contribution in [0.3, 0.4) is 0 Å². The van der Waals surface area contributed by atoms with Crippen molar-refractivity contribution in [2.24, 2.45) is 4.99 Å². The van der Waals surface area contributed by atoms with Crippen LogP contribution in [0.15, 0.2) is 59.2 Å². The summed E-state index contributed by atoms with van der Waals surface area (Å²) < 4.78 is 5.24. The van der Waals surface area contributed by atoms with E-state index in [0.717, 1.165) is 5.56 Å². The summed E-state index contributed by atoms with van der Waals surface area (Å²) in [7, 11) is 0. The maximum atomic E-state index is 12.6. The van der Waals surface area contributed by atoms with Crippen LogP contribution in [-0.2, 0) is 14.3 Å². The highest BCUT2D eigenvalue weighted by atomic mass is 32.2. The second kappa shape index (κ2) is 7.05. The van der Waals surface area contributed by atoms with Gasteiger partial charge in [0.15, 0.2) is 5.17 Å². The number of hydrogen-bond acceptors (Lipinski definition) is 5. The molecule has 5 nitrogen and oxygen atoms in total. The van der Waals surface area contributed by atoms with E-state index in [9.17, 15) is 9.59 Å². The Morgan fingerprint density at radius 1 is 1.46 bits per heavy atom. The van der Waals surface area contributed by atoms with Crippen molar-refractivity contribution in [2.45, 2.75) is 19.4 Å². The fourth-order valence-corrected chi connectivity index (χ4v) is 3.83. The molecule has 0 N–H and O–H groups in total. The zero-order valence-electron chi connectivity index (χ0n) is 13.4. The summed E-state index contributed by atoms with van der Waals surface area (Å²) >= 11 is 1.54. The number of aliphatic imine (C=N–C) groups is 1. The van der Waals surface area contributed by atoms with E-state index in [1.165, 1.54) is 17.8 Å². The van der Waals surface area contributed by atoms with Gasteiger partial charge in [0, 0.05) is 12.2 Å². The van der Waals surface area contributed by atoms with Crippen LogP contribution < -0.4 is 0 Å². The van der Waals surface area contributed by atoms with Gasteiger partial charge < -0.3 is 4.74 Å². The number of benzene rings is 1. The molecule has 0 radical (unpaired) electrons. The lowest BCUT2D eigenvalue weighted by atomic mass is 9.94. The van der Waals surface area contributed by atoms with Crippen molar-refractivity contribution in [2.75, 3.05) is 12.4 Å². The van der Waals surface area contributed by atoms with Gasteiger partial charge in [-0.3, -0.25) is 9.69 Å². The minimum absolute atomic E-state index is 0.0251. The molecule has 1 aromatic rings. The van der Waals surface area contributed by atoms with Crippen molar-refractivity contribution in [3.8, 4) is 0 Å². The molecule has 2 heterocycles. The molecule has 1 aromatic carbocycles. The van der Waals surface area contributed by atoms with Crippen molar-refractivity contribution in [1.82, 2.24) is 4.90 Å². The Hall–Kier alpha value is -2.34. The van der Waals surface area contributed by atoms with Crippen molar-refractivity contribution in [3.63, 3.8) is 0 Å². The molecule has 0 aromatic heterocycles. The van der Waals surface area contributed by atoms with Gasteiger partial charge >= 0.3 is 5.97 Å². The van der Waals surface area contributed by atoms with Crippen LogP contribution >= 0.6 is 11.8 Å². The Morgan fingerprint density at radius 3 is 2.92 bits per heavy atom. The zero-order valence-corrected chi connectivity index (χ0v) is 14.2. The second-order valence-corrected chi connectivity index (χ2v) is 6.52. The molecule has 1 amide bonds. The smallest absolute Gasteiger partial charge is 0.338 e. The molecular formula is C18H18N2O3S. The predicted octanol–water partition coefficient (Wildman–Crippen LogP) is 3.07. The molecular weight excluding hydrogens is 324 g/mol. The normalized spacial score (nSPS) is 20.4. The second-order valence-electron chi connectivity index (χ2n) is 5.46. The number of amides is 1. The van der Waals surface area contributed by atoms with Crippen molar-refractivity contribution in [3.05, 3.63) is 59.8 Å². The van der Waals surface area contributed by atoms with E-state index in [0.29, 0.717) is 28.6 Å². The van der Waals surface area contributed by atoms with Crippen LogP contribution in [0.4, 0.5) is 0 Å². The van der Waals surface area contributed by atoms with E-state index in [4.69, 9.17) is 4.74 Å². The third-order valence-electron chi connectivity index (χ3n) is 3.87. The minimum atomic E-state index is -0.503. The Kier molecular flexibility index (Phi) is 4.85. The van der Waals surface area contributed by atoms with Gasteiger partial charge in [-0.15, -0.1) is 0 Å². The largest absolute Gasteiger partial charge is 0.458 e. The first-order chi connectivity index (χ1) is 11.6. The average Bonchev–Trinajstić information content (AvgIpc) is 2.59. The number of hydrogen-bond donors (Lipinski definition) is 0. The number of thioether (sulfide) groups is 1. The van der Waals surface area contributed by atoms with Gasteiger partial charge in [0.1, 0.15) is 6.61 Å². The van der Waals surface area contributed by atoms with Crippen molar-refractivity contribution < 1.29 is 14.3 Å². The molecule has 6 heteroatoms. The van der Waals surface area contributed by atoms with Crippen molar-refractivity contribution >= 4 is 28.8 Å². The lowest BCUT2D eigenvalue weighted by molar-refractivity contribution is -0.139. The Labute approximate surface area is 145 Å². The number of esters is 1. The molecule has 1 unspecified atom stereocenters. The molecule has 0 spiro atoms. The Balaban J connectivity index is 2.10. The Bertz CT molecular complexity index is 740. The molecule has 124 valence electrons. The SMILES string of the molecule is C=CCOC(=O)C1=C(C)N=C2SCCC(=O)N2C1c1ccccc1. The molecule has 0 saturated carbocycles. The monoisotopic (exact) mass is 342 g/mol. The number of ether oxygens (including phenoxy) is 1. The van der Waals surface area contributed by atoms with Gasteiger partial charge in [-0.1, -0.05) is 54.7 Å². The van der Waals surface area contributed by atoms with Gasteiger partial charge in [0.2, 0.25) is 5.91 Å². The molecule has 1 atom stereocenters. The van der Waals surface area contributed by atoms with Gasteiger partial charge in [-0.2, -0.15) is 0 Å². The van der Waals surface area contributed by atoms with Crippen LogP contribution in [0.1, 0.15) is 24.9 Å². The third kappa shape index (κ3) is 3.01. The van der Waals surface area contributed by atoms with Crippen molar-refractivity contribution in [1.29, 1.82) is 0 Å². The summed E-state index contributed by atoms with van der Waals surface area (Å²) in [6, 6.07) is 9.01. The highest BCUT2D eigenvalue weighted by molar-refractivity contribution is 8.14. The first kappa shape index (κ1) is 16.5. The van der Waals surface area contributed by atoms with Gasteiger partial charge in [-0.05, 0) is 12.5 Å². The molecule has 0 aliphatic carbocycles. The van der Waals surface area contributed by atoms with E-state index in [2.05, 4.69) is 11.6 Å². The fourth-order valence-electron chi connectivity index (χ4n) is 2.82. The minimum Gasteiger partial charge on any atom is -0.458 e. The fraction of sp³-hybridized carbons (Fsp3) is 0.278. The molecule has 0 bridgehead atoms. The number of allylic oxidation sites excluding steroid dienone is 1. The van der Waals surface area contributed by atoms with Crippen LogP contribution in [0, 0.1) is 0 Å². The maximum absolute atomic E-state index is 12.6. The summed E-state index contributed by atoms with van der Waals surface area (Å²) in [4.78, 5) is 31.2. The quantitative estimate of drug-likeness (QED) is 0.623. The topological polar surface area (TPSA) is 59.0 Å². The first-order valence-corrected chi connectivity index (χ1v) is 8.69. The first-order valence-electron chi connectivity index (χ1n) is 7.70. The van der Waals surface area contributed by atoms with Crippen LogP contribution in [-0.4, -0.2) is 34.3 Å². The zero-order chi connectivity index (χ0) is 17.1. The van der Waals surface area contributed by atoms with Crippen LogP contribution in [0.2, 0.25) is 0 Å². The molecule has 24 heavy (non-hydrogen) atoms. The third-order valence-corrected chi connectivity index (χ3v) is 4.83. The Morgan fingerprint density at radius 2 is 2.21 bits per heavy atom. The van der Waals surface area contributed by atoms with Gasteiger partial charge in [-0.25, -0.2) is 9.79 Å². The number of carbonyl (C=O) groups excluding carboxylic acids is 2. The van der Waals surface area contributed by atoms with E-state index in [-0.39, 0.29) is 12.5 Å². The average molecular weight is 342 g/mol. The highest BCUT2D eigenvalue weighted by Crippen LogP contribution is 2.40. The molecule has 2 aliphatic rings. The van der Waals surface area contributed by atoms with Gasteiger partial charge in [0.25, 0.3) is 0 Å². The highest BCUT2D eigenvalue weighted by Gasteiger charge is 2.41. The number of rotatable bonds is 4. The summed E-state index contributed by atoms with van der Waals surface area (Å²) in [6.45, 7) is 5.47. The van der Waals surface area contributed by atoms with E-state index in [1.807, 2.05) is 30.3 Å².